The van der Waals surface area contributed by atoms with E-state index in [-0.39, 0.29) is 6.04 Å². The standard InChI is InChI=1S/C13H24N2OS/c1-3-13(2)4-7-15(8-5-13)12(16)11-10-17-9-6-14-11/h11,14H,3-10H2,1-2H3. The van der Waals surface area contributed by atoms with Gasteiger partial charge >= 0.3 is 0 Å². The number of thioether (sulfide) groups is 1. The van der Waals surface area contributed by atoms with Gasteiger partial charge in [-0.1, -0.05) is 20.3 Å². The molecule has 0 saturated carbocycles. The Kier molecular flexibility index (Phi) is 4.36. The number of piperidine rings is 1. The van der Waals surface area contributed by atoms with E-state index in [1.165, 1.54) is 6.42 Å². The molecule has 1 atom stereocenters. The second-order valence-corrected chi connectivity index (χ2v) is 6.72. The van der Waals surface area contributed by atoms with Crippen molar-refractivity contribution in [3.8, 4) is 0 Å². The molecule has 0 bridgehead atoms. The number of likely N-dealkylation sites (tertiary alicyclic amines) is 1. The quantitative estimate of drug-likeness (QED) is 0.816. The van der Waals surface area contributed by atoms with Crippen molar-refractivity contribution in [2.75, 3.05) is 31.1 Å². The number of hydrogen-bond acceptors (Lipinski definition) is 3. The van der Waals surface area contributed by atoms with E-state index in [4.69, 9.17) is 0 Å². The lowest BCUT2D eigenvalue weighted by atomic mass is 9.78. The Morgan fingerprint density at radius 3 is 2.71 bits per heavy atom. The second kappa shape index (κ2) is 5.61. The van der Waals surface area contributed by atoms with Crippen molar-refractivity contribution < 1.29 is 4.79 Å². The minimum Gasteiger partial charge on any atom is -0.341 e. The number of carbonyl (C=O) groups excluding carboxylic acids is 1. The maximum Gasteiger partial charge on any atom is 0.240 e. The van der Waals surface area contributed by atoms with E-state index in [0.29, 0.717) is 11.3 Å². The topological polar surface area (TPSA) is 32.3 Å². The number of hydrogen-bond donors (Lipinski definition) is 1. The lowest BCUT2D eigenvalue weighted by Crippen LogP contribution is -2.53. The molecule has 1 N–H and O–H groups in total. The highest BCUT2D eigenvalue weighted by molar-refractivity contribution is 7.99. The third-order valence-electron chi connectivity index (χ3n) is 4.36. The molecule has 2 aliphatic rings. The molecule has 98 valence electrons. The predicted molar refractivity (Wildman–Crippen MR) is 73.3 cm³/mol. The third kappa shape index (κ3) is 3.16. The second-order valence-electron chi connectivity index (χ2n) is 5.57. The summed E-state index contributed by atoms with van der Waals surface area (Å²) in [5.41, 5.74) is 0.464. The van der Waals surface area contributed by atoms with E-state index < -0.39 is 0 Å². The van der Waals surface area contributed by atoms with Crippen LogP contribution in [-0.2, 0) is 4.79 Å². The summed E-state index contributed by atoms with van der Waals surface area (Å²) in [7, 11) is 0. The Morgan fingerprint density at radius 2 is 2.18 bits per heavy atom. The lowest BCUT2D eigenvalue weighted by molar-refractivity contribution is -0.135. The smallest absolute Gasteiger partial charge is 0.240 e. The van der Waals surface area contributed by atoms with Gasteiger partial charge in [0.05, 0.1) is 6.04 Å². The molecule has 2 aliphatic heterocycles. The molecule has 2 fully saturated rings. The summed E-state index contributed by atoms with van der Waals surface area (Å²) in [6.45, 7) is 7.49. The monoisotopic (exact) mass is 256 g/mol. The van der Waals surface area contributed by atoms with Crippen molar-refractivity contribution in [3.63, 3.8) is 0 Å². The first kappa shape index (κ1) is 13.2. The highest BCUT2D eigenvalue weighted by Crippen LogP contribution is 2.34. The van der Waals surface area contributed by atoms with Crippen LogP contribution in [-0.4, -0.2) is 48.0 Å². The van der Waals surface area contributed by atoms with Gasteiger partial charge in [0.25, 0.3) is 0 Å². The van der Waals surface area contributed by atoms with Crippen molar-refractivity contribution in [3.05, 3.63) is 0 Å². The SMILES string of the molecule is CCC1(C)CCN(C(=O)C2CSCCN2)CC1. The van der Waals surface area contributed by atoms with E-state index in [1.54, 1.807) is 0 Å². The van der Waals surface area contributed by atoms with Crippen molar-refractivity contribution in [2.24, 2.45) is 5.41 Å². The summed E-state index contributed by atoms with van der Waals surface area (Å²) in [6.07, 6.45) is 3.55. The van der Waals surface area contributed by atoms with Crippen LogP contribution in [0.25, 0.3) is 0 Å². The van der Waals surface area contributed by atoms with Crippen LogP contribution in [0.1, 0.15) is 33.1 Å². The van der Waals surface area contributed by atoms with Crippen LogP contribution < -0.4 is 5.32 Å². The van der Waals surface area contributed by atoms with Gasteiger partial charge in [-0.3, -0.25) is 4.79 Å². The van der Waals surface area contributed by atoms with Crippen LogP contribution in [0.15, 0.2) is 0 Å². The maximum absolute atomic E-state index is 12.3. The average Bonchev–Trinajstić information content (AvgIpc) is 2.40. The predicted octanol–water partition coefficient (Wildman–Crippen LogP) is 1.73. The number of nitrogens with one attached hydrogen (secondary N) is 1. The van der Waals surface area contributed by atoms with Crippen LogP contribution >= 0.6 is 11.8 Å². The van der Waals surface area contributed by atoms with E-state index in [0.717, 1.165) is 44.0 Å². The van der Waals surface area contributed by atoms with Crippen molar-refractivity contribution >= 4 is 17.7 Å². The lowest BCUT2D eigenvalue weighted by Gasteiger charge is -2.40. The summed E-state index contributed by atoms with van der Waals surface area (Å²) in [5.74, 6) is 2.41. The molecule has 2 heterocycles. The minimum absolute atomic E-state index is 0.0692. The molecule has 4 heteroatoms. The number of rotatable bonds is 2. The van der Waals surface area contributed by atoms with Gasteiger partial charge in [-0.05, 0) is 18.3 Å². The van der Waals surface area contributed by atoms with Crippen LogP contribution in [0.3, 0.4) is 0 Å². The first-order valence-electron chi connectivity index (χ1n) is 6.74. The van der Waals surface area contributed by atoms with Gasteiger partial charge in [0.2, 0.25) is 5.91 Å². The van der Waals surface area contributed by atoms with Crippen LogP contribution in [0, 0.1) is 5.41 Å². The van der Waals surface area contributed by atoms with E-state index in [1.807, 2.05) is 11.8 Å². The molecule has 0 aromatic heterocycles. The fourth-order valence-electron chi connectivity index (χ4n) is 2.56. The normalized spacial score (nSPS) is 29.1. The summed E-state index contributed by atoms with van der Waals surface area (Å²) >= 11 is 1.89. The molecule has 0 aromatic carbocycles. The van der Waals surface area contributed by atoms with Gasteiger partial charge in [-0.25, -0.2) is 0 Å². The number of carbonyl (C=O) groups is 1. The highest BCUT2D eigenvalue weighted by atomic mass is 32.2. The number of nitrogens with zero attached hydrogens (tertiary/aromatic N) is 1. The molecular weight excluding hydrogens is 232 g/mol. The molecule has 3 nitrogen and oxygen atoms in total. The van der Waals surface area contributed by atoms with E-state index in [9.17, 15) is 4.79 Å². The van der Waals surface area contributed by atoms with Gasteiger partial charge in [-0.2, -0.15) is 11.8 Å². The first-order valence-corrected chi connectivity index (χ1v) is 7.90. The molecule has 2 saturated heterocycles. The summed E-state index contributed by atoms with van der Waals surface area (Å²) in [6, 6.07) is 0.0692. The fourth-order valence-corrected chi connectivity index (χ4v) is 3.49. The molecular formula is C13H24N2OS. The molecule has 0 aliphatic carbocycles. The summed E-state index contributed by atoms with van der Waals surface area (Å²) in [4.78, 5) is 14.4. The zero-order chi connectivity index (χ0) is 12.3. The molecule has 1 amide bonds. The molecule has 0 radical (unpaired) electrons. The van der Waals surface area contributed by atoms with E-state index in [2.05, 4.69) is 24.1 Å². The molecule has 1 unspecified atom stereocenters. The Morgan fingerprint density at radius 1 is 1.47 bits per heavy atom. The zero-order valence-electron chi connectivity index (χ0n) is 11.0. The van der Waals surface area contributed by atoms with Gasteiger partial charge in [0, 0.05) is 31.1 Å². The molecule has 2 rings (SSSR count). The fraction of sp³-hybridized carbons (Fsp3) is 0.923. The van der Waals surface area contributed by atoms with Crippen molar-refractivity contribution in [2.45, 2.75) is 39.2 Å². The minimum atomic E-state index is 0.0692. The Labute approximate surface area is 109 Å². The van der Waals surface area contributed by atoms with Crippen LogP contribution in [0.5, 0.6) is 0 Å². The highest BCUT2D eigenvalue weighted by Gasteiger charge is 2.33. The van der Waals surface area contributed by atoms with Crippen molar-refractivity contribution in [1.29, 1.82) is 0 Å². The maximum atomic E-state index is 12.3. The summed E-state index contributed by atoms with van der Waals surface area (Å²) < 4.78 is 0. The molecule has 0 spiro atoms. The first-order chi connectivity index (χ1) is 8.14. The van der Waals surface area contributed by atoms with Crippen LogP contribution in [0.2, 0.25) is 0 Å². The van der Waals surface area contributed by atoms with Crippen LogP contribution in [0.4, 0.5) is 0 Å². The van der Waals surface area contributed by atoms with Gasteiger partial charge < -0.3 is 10.2 Å². The van der Waals surface area contributed by atoms with Gasteiger partial charge in [0.1, 0.15) is 0 Å². The third-order valence-corrected chi connectivity index (χ3v) is 5.42. The largest absolute Gasteiger partial charge is 0.341 e. The Hall–Kier alpha value is -0.220. The number of amides is 1. The van der Waals surface area contributed by atoms with Crippen molar-refractivity contribution in [1.82, 2.24) is 10.2 Å². The Balaban J connectivity index is 1.85. The van der Waals surface area contributed by atoms with Gasteiger partial charge in [0.15, 0.2) is 0 Å². The molecule has 17 heavy (non-hydrogen) atoms. The summed E-state index contributed by atoms with van der Waals surface area (Å²) in [5, 5.41) is 3.34. The molecule has 0 aromatic rings. The van der Waals surface area contributed by atoms with E-state index >= 15 is 0 Å². The Bertz CT molecular complexity index is 269. The average molecular weight is 256 g/mol. The zero-order valence-corrected chi connectivity index (χ0v) is 11.8. The van der Waals surface area contributed by atoms with Gasteiger partial charge in [-0.15, -0.1) is 0 Å².